The molecule has 0 saturated carbocycles. The molecule has 0 radical (unpaired) electrons. The predicted octanol–water partition coefficient (Wildman–Crippen LogP) is -0.838. The normalized spacial score (nSPS) is 9.45. The Bertz CT molecular complexity index is 1000. The van der Waals surface area contributed by atoms with E-state index in [1.807, 2.05) is 16.9 Å². The number of hydrazine groups is 2. The van der Waals surface area contributed by atoms with Gasteiger partial charge in [-0.05, 0) is 53.7 Å². The number of nitriles is 1. The molecule has 31 heavy (non-hydrogen) atoms. The van der Waals surface area contributed by atoms with Gasteiger partial charge >= 0.3 is 0 Å². The van der Waals surface area contributed by atoms with Crippen LogP contribution in [0, 0.1) is 11.3 Å². The molecule has 0 saturated heterocycles. The first-order chi connectivity index (χ1) is 15.0. The molecule has 0 atom stereocenters. The summed E-state index contributed by atoms with van der Waals surface area (Å²) >= 11 is 0. The van der Waals surface area contributed by atoms with Crippen molar-refractivity contribution in [3.8, 4) is 29.0 Å². The Morgan fingerprint density at radius 2 is 1.45 bits per heavy atom. The van der Waals surface area contributed by atoms with Crippen LogP contribution in [0.4, 0.5) is 0 Å². The first kappa shape index (κ1) is 22.7. The summed E-state index contributed by atoms with van der Waals surface area (Å²) in [6.45, 7) is -0.263. The highest BCUT2D eigenvalue weighted by Crippen LogP contribution is 2.18. The standard InChI is InChI=1S/C9H10N6O2.C9H9N3O2/c10-11-8(16)5-17-7-3-1-6(2-4-7)9-12-14-15-13-9;10-5-7-1-3-8(4-2-7)14-6-9(13)12-11/h1-4H,5,10H2,(H,11,16)(H,12,13,14,15);1-4H,6,11H2,(H,12,13). The van der Waals surface area contributed by atoms with E-state index in [-0.39, 0.29) is 13.2 Å². The molecule has 0 unspecified atom stereocenters. The second-order valence-electron chi connectivity index (χ2n) is 5.61. The second kappa shape index (κ2) is 12.1. The molecule has 0 aliphatic carbocycles. The van der Waals surface area contributed by atoms with Crippen LogP contribution in [0.5, 0.6) is 11.5 Å². The molecule has 0 bridgehead atoms. The summed E-state index contributed by atoms with van der Waals surface area (Å²) in [7, 11) is 0. The summed E-state index contributed by atoms with van der Waals surface area (Å²) in [5.41, 5.74) is 5.26. The summed E-state index contributed by atoms with van der Waals surface area (Å²) in [5.74, 6) is 10.5. The quantitative estimate of drug-likeness (QED) is 0.180. The van der Waals surface area contributed by atoms with Crippen molar-refractivity contribution in [2.24, 2.45) is 11.7 Å². The number of hydrogen-bond donors (Lipinski definition) is 5. The number of rotatable bonds is 7. The molecule has 3 rings (SSSR count). The Labute approximate surface area is 176 Å². The van der Waals surface area contributed by atoms with Gasteiger partial charge in [-0.1, -0.05) is 0 Å². The molecular weight excluding hydrogens is 406 g/mol. The maximum absolute atomic E-state index is 10.8. The van der Waals surface area contributed by atoms with Crippen LogP contribution in [0.15, 0.2) is 48.5 Å². The SMILES string of the molecule is N#Cc1ccc(OCC(=O)NN)cc1.NNC(=O)COc1ccc(-c2nn[nH]n2)cc1. The molecule has 13 heteroatoms. The van der Waals surface area contributed by atoms with E-state index in [4.69, 9.17) is 26.4 Å². The van der Waals surface area contributed by atoms with Gasteiger partial charge in [-0.25, -0.2) is 11.7 Å². The average molecular weight is 425 g/mol. The third kappa shape index (κ3) is 7.77. The summed E-state index contributed by atoms with van der Waals surface area (Å²) in [6, 6.07) is 15.4. The molecular formula is C18H19N9O4. The summed E-state index contributed by atoms with van der Waals surface area (Å²) < 4.78 is 10.2. The monoisotopic (exact) mass is 425 g/mol. The van der Waals surface area contributed by atoms with Gasteiger partial charge in [0, 0.05) is 5.56 Å². The minimum Gasteiger partial charge on any atom is -0.484 e. The Balaban J connectivity index is 0.000000225. The Morgan fingerprint density at radius 3 is 1.87 bits per heavy atom. The summed E-state index contributed by atoms with van der Waals surface area (Å²) in [4.78, 5) is 21.5. The zero-order valence-corrected chi connectivity index (χ0v) is 16.1. The first-order valence-corrected chi connectivity index (χ1v) is 8.64. The van der Waals surface area contributed by atoms with Gasteiger partial charge in [0.15, 0.2) is 13.2 Å². The van der Waals surface area contributed by atoms with Crippen molar-refractivity contribution in [2.45, 2.75) is 0 Å². The summed E-state index contributed by atoms with van der Waals surface area (Å²) in [5, 5.41) is 22.0. The van der Waals surface area contributed by atoms with Gasteiger partial charge in [0.1, 0.15) is 11.5 Å². The third-order valence-electron chi connectivity index (χ3n) is 3.50. The molecule has 1 aromatic heterocycles. The van der Waals surface area contributed by atoms with Gasteiger partial charge in [0.05, 0.1) is 11.6 Å². The van der Waals surface area contributed by atoms with Crippen molar-refractivity contribution in [3.63, 3.8) is 0 Å². The number of nitrogens with one attached hydrogen (secondary N) is 3. The van der Waals surface area contributed by atoms with Crippen LogP contribution in [0.25, 0.3) is 11.4 Å². The minimum absolute atomic E-state index is 0.127. The van der Waals surface area contributed by atoms with Crippen LogP contribution < -0.4 is 32.0 Å². The maximum atomic E-state index is 10.8. The number of tetrazole rings is 1. The van der Waals surface area contributed by atoms with Crippen molar-refractivity contribution in [1.82, 2.24) is 31.5 Å². The Kier molecular flexibility index (Phi) is 8.89. The highest BCUT2D eigenvalue weighted by atomic mass is 16.5. The lowest BCUT2D eigenvalue weighted by atomic mass is 10.2. The van der Waals surface area contributed by atoms with Crippen LogP contribution >= 0.6 is 0 Å². The maximum Gasteiger partial charge on any atom is 0.271 e. The van der Waals surface area contributed by atoms with Crippen molar-refractivity contribution >= 4 is 11.8 Å². The van der Waals surface area contributed by atoms with Crippen molar-refractivity contribution < 1.29 is 19.1 Å². The van der Waals surface area contributed by atoms with Crippen LogP contribution in [0.1, 0.15) is 5.56 Å². The van der Waals surface area contributed by atoms with E-state index in [1.54, 1.807) is 48.5 Å². The number of benzene rings is 2. The molecule has 0 spiro atoms. The van der Waals surface area contributed by atoms with E-state index in [0.717, 1.165) is 5.56 Å². The van der Waals surface area contributed by atoms with Gasteiger partial charge < -0.3 is 9.47 Å². The first-order valence-electron chi connectivity index (χ1n) is 8.64. The highest BCUT2D eigenvalue weighted by molar-refractivity contribution is 5.77. The minimum atomic E-state index is -0.408. The van der Waals surface area contributed by atoms with Crippen LogP contribution in [-0.4, -0.2) is 45.7 Å². The third-order valence-corrected chi connectivity index (χ3v) is 3.50. The van der Waals surface area contributed by atoms with Crippen molar-refractivity contribution in [2.75, 3.05) is 13.2 Å². The van der Waals surface area contributed by atoms with Crippen LogP contribution in [0.2, 0.25) is 0 Å². The average Bonchev–Trinajstić information content (AvgIpc) is 3.37. The fraction of sp³-hybridized carbons (Fsp3) is 0.111. The Morgan fingerprint density at radius 1 is 0.935 bits per heavy atom. The van der Waals surface area contributed by atoms with Gasteiger partial charge in [-0.15, -0.1) is 10.2 Å². The Hall–Kier alpha value is -4.54. The topological polar surface area (TPSA) is 207 Å². The van der Waals surface area contributed by atoms with Crippen LogP contribution in [-0.2, 0) is 9.59 Å². The number of H-pyrrole nitrogens is 1. The molecule has 7 N–H and O–H groups in total. The zero-order valence-electron chi connectivity index (χ0n) is 16.1. The molecule has 3 aromatic rings. The number of carbonyl (C=O) groups is 2. The van der Waals surface area contributed by atoms with E-state index in [9.17, 15) is 9.59 Å². The second-order valence-corrected chi connectivity index (χ2v) is 5.61. The predicted molar refractivity (Wildman–Crippen MR) is 106 cm³/mol. The molecule has 0 fully saturated rings. The number of amides is 2. The number of hydrogen-bond acceptors (Lipinski definition) is 10. The molecule has 13 nitrogen and oxygen atoms in total. The fourth-order valence-corrected chi connectivity index (χ4v) is 1.99. The van der Waals surface area contributed by atoms with E-state index in [1.165, 1.54) is 0 Å². The van der Waals surface area contributed by atoms with E-state index in [0.29, 0.717) is 22.9 Å². The molecule has 0 aliphatic rings. The van der Waals surface area contributed by atoms with E-state index >= 15 is 0 Å². The molecule has 2 aromatic carbocycles. The van der Waals surface area contributed by atoms with Crippen molar-refractivity contribution in [1.29, 1.82) is 5.26 Å². The fourth-order valence-electron chi connectivity index (χ4n) is 1.99. The highest BCUT2D eigenvalue weighted by Gasteiger charge is 2.04. The van der Waals surface area contributed by atoms with Gasteiger partial charge in [0.2, 0.25) is 5.82 Å². The smallest absolute Gasteiger partial charge is 0.271 e. The number of nitrogens with two attached hydrogens (primary N) is 2. The summed E-state index contributed by atoms with van der Waals surface area (Å²) in [6.07, 6.45) is 0. The molecule has 0 aliphatic heterocycles. The molecule has 2 amide bonds. The van der Waals surface area contributed by atoms with Gasteiger partial charge in [-0.3, -0.25) is 20.4 Å². The van der Waals surface area contributed by atoms with E-state index in [2.05, 4.69) is 20.6 Å². The lowest BCUT2D eigenvalue weighted by Crippen LogP contribution is -2.34. The lowest BCUT2D eigenvalue weighted by Gasteiger charge is -2.04. The van der Waals surface area contributed by atoms with Crippen LogP contribution in [0.3, 0.4) is 0 Å². The number of nitrogens with zero attached hydrogens (tertiary/aromatic N) is 4. The van der Waals surface area contributed by atoms with Crippen molar-refractivity contribution in [3.05, 3.63) is 54.1 Å². The van der Waals surface area contributed by atoms with Gasteiger partial charge in [0.25, 0.3) is 11.8 Å². The number of aromatic nitrogens is 4. The van der Waals surface area contributed by atoms with Gasteiger partial charge in [-0.2, -0.15) is 10.5 Å². The number of aromatic amines is 1. The lowest BCUT2D eigenvalue weighted by molar-refractivity contribution is -0.123. The number of carbonyl (C=O) groups excluding carboxylic acids is 2. The largest absolute Gasteiger partial charge is 0.484 e. The van der Waals surface area contributed by atoms with E-state index < -0.39 is 11.8 Å². The molecule has 160 valence electrons. The number of ether oxygens (including phenoxy) is 2. The molecule has 1 heterocycles. The zero-order chi connectivity index (χ0) is 22.5.